The van der Waals surface area contributed by atoms with Crippen molar-refractivity contribution in [2.45, 2.75) is 13.8 Å². The lowest BCUT2D eigenvalue weighted by atomic mass is 10.0. The van der Waals surface area contributed by atoms with Gasteiger partial charge in [-0.05, 0) is 60.9 Å². The molecule has 2 N–H and O–H groups in total. The summed E-state index contributed by atoms with van der Waals surface area (Å²) in [6, 6.07) is 8.09. The topological polar surface area (TPSA) is 66.8 Å². The summed E-state index contributed by atoms with van der Waals surface area (Å²) < 4.78 is 4.96. The van der Waals surface area contributed by atoms with Gasteiger partial charge in [-0.25, -0.2) is 0 Å². The van der Waals surface area contributed by atoms with E-state index in [0.29, 0.717) is 11.3 Å². The van der Waals surface area contributed by atoms with E-state index < -0.39 is 0 Å². The fourth-order valence-corrected chi connectivity index (χ4v) is 2.07. The average Bonchev–Trinajstić information content (AvgIpc) is 2.48. The van der Waals surface area contributed by atoms with Gasteiger partial charge >= 0.3 is 0 Å². The lowest BCUT2D eigenvalue weighted by Crippen LogP contribution is -1.97. The predicted octanol–water partition coefficient (Wildman–Crippen LogP) is 3.62. The molecule has 0 amide bonds. The standard InChI is InChI=1S/C18H18O4/c1-11-8-14(16(20)9-12(11)2)15(19)6-4-13-5-7-18(22-3)17(21)10-13/h4-10,20-21H,1-3H3/b6-4+. The summed E-state index contributed by atoms with van der Waals surface area (Å²) in [6.07, 6.45) is 2.95. The molecule has 0 heterocycles. The third-order valence-electron chi connectivity index (χ3n) is 3.51. The Kier molecular flexibility index (Phi) is 4.51. The fourth-order valence-electron chi connectivity index (χ4n) is 2.07. The Morgan fingerprint density at radius 3 is 2.36 bits per heavy atom. The summed E-state index contributed by atoms with van der Waals surface area (Å²) in [6.45, 7) is 3.76. The van der Waals surface area contributed by atoms with E-state index in [2.05, 4.69) is 0 Å². The molecule has 0 bridgehead atoms. The number of hydrogen-bond donors (Lipinski definition) is 2. The molecule has 2 rings (SSSR count). The molecule has 2 aromatic carbocycles. The number of benzene rings is 2. The maximum absolute atomic E-state index is 12.2. The number of carbonyl (C=O) groups is 1. The summed E-state index contributed by atoms with van der Waals surface area (Å²) in [5, 5.41) is 19.6. The number of methoxy groups -OCH3 is 1. The minimum atomic E-state index is -0.295. The normalized spacial score (nSPS) is 10.9. The molecule has 0 spiro atoms. The second kappa shape index (κ2) is 6.35. The van der Waals surface area contributed by atoms with Crippen LogP contribution in [0.25, 0.3) is 6.08 Å². The van der Waals surface area contributed by atoms with Crippen LogP contribution in [0.5, 0.6) is 17.2 Å². The van der Waals surface area contributed by atoms with Crippen LogP contribution in [0.2, 0.25) is 0 Å². The van der Waals surface area contributed by atoms with Gasteiger partial charge in [0, 0.05) is 0 Å². The first-order valence-corrected chi connectivity index (χ1v) is 6.82. The summed E-state index contributed by atoms with van der Waals surface area (Å²) in [4.78, 5) is 12.2. The van der Waals surface area contributed by atoms with Crippen molar-refractivity contribution < 1.29 is 19.7 Å². The van der Waals surface area contributed by atoms with Crippen LogP contribution < -0.4 is 4.74 Å². The summed E-state index contributed by atoms with van der Waals surface area (Å²) in [5.74, 6) is 0.0487. The van der Waals surface area contributed by atoms with Crippen LogP contribution >= 0.6 is 0 Å². The molecule has 2 aromatic rings. The van der Waals surface area contributed by atoms with Crippen LogP contribution in [-0.4, -0.2) is 23.1 Å². The van der Waals surface area contributed by atoms with Gasteiger partial charge in [0.15, 0.2) is 17.3 Å². The van der Waals surface area contributed by atoms with Gasteiger partial charge in [0.1, 0.15) is 5.75 Å². The number of rotatable bonds is 4. The van der Waals surface area contributed by atoms with Gasteiger partial charge in [-0.3, -0.25) is 4.79 Å². The second-order valence-electron chi connectivity index (χ2n) is 5.08. The highest BCUT2D eigenvalue weighted by atomic mass is 16.5. The molecular formula is C18H18O4. The highest BCUT2D eigenvalue weighted by Crippen LogP contribution is 2.27. The van der Waals surface area contributed by atoms with E-state index in [9.17, 15) is 15.0 Å². The van der Waals surface area contributed by atoms with Crippen molar-refractivity contribution in [3.8, 4) is 17.2 Å². The third-order valence-corrected chi connectivity index (χ3v) is 3.51. The number of ketones is 1. The van der Waals surface area contributed by atoms with Crippen LogP contribution in [0, 0.1) is 13.8 Å². The molecule has 114 valence electrons. The molecule has 0 saturated heterocycles. The van der Waals surface area contributed by atoms with Gasteiger partial charge in [0.05, 0.1) is 12.7 Å². The van der Waals surface area contributed by atoms with E-state index in [4.69, 9.17) is 4.74 Å². The van der Waals surface area contributed by atoms with Crippen LogP contribution in [0.15, 0.2) is 36.4 Å². The maximum Gasteiger partial charge on any atom is 0.189 e. The largest absolute Gasteiger partial charge is 0.507 e. The summed E-state index contributed by atoms with van der Waals surface area (Å²) in [7, 11) is 1.47. The zero-order valence-electron chi connectivity index (χ0n) is 12.8. The minimum Gasteiger partial charge on any atom is -0.507 e. The molecule has 0 aliphatic carbocycles. The Morgan fingerprint density at radius 1 is 1.05 bits per heavy atom. The van der Waals surface area contributed by atoms with Crippen molar-refractivity contribution in [1.29, 1.82) is 0 Å². The zero-order valence-corrected chi connectivity index (χ0v) is 12.8. The molecule has 0 aromatic heterocycles. The molecular weight excluding hydrogens is 280 g/mol. The zero-order chi connectivity index (χ0) is 16.3. The number of allylic oxidation sites excluding steroid dienone is 1. The van der Waals surface area contributed by atoms with E-state index in [1.54, 1.807) is 30.3 Å². The van der Waals surface area contributed by atoms with Crippen molar-refractivity contribution in [3.63, 3.8) is 0 Å². The third kappa shape index (κ3) is 3.28. The Bertz CT molecular complexity index is 745. The van der Waals surface area contributed by atoms with Crippen molar-refractivity contribution in [2.75, 3.05) is 7.11 Å². The van der Waals surface area contributed by atoms with E-state index >= 15 is 0 Å². The van der Waals surface area contributed by atoms with E-state index in [1.807, 2.05) is 13.8 Å². The van der Waals surface area contributed by atoms with Crippen molar-refractivity contribution in [2.24, 2.45) is 0 Å². The number of aryl methyl sites for hydroxylation is 2. The summed E-state index contributed by atoms with van der Waals surface area (Å²) >= 11 is 0. The van der Waals surface area contributed by atoms with Crippen LogP contribution in [0.3, 0.4) is 0 Å². The van der Waals surface area contributed by atoms with Gasteiger partial charge in [0.25, 0.3) is 0 Å². The molecule has 0 fully saturated rings. The van der Waals surface area contributed by atoms with Gasteiger partial charge in [-0.15, -0.1) is 0 Å². The predicted molar refractivity (Wildman–Crippen MR) is 85.6 cm³/mol. The van der Waals surface area contributed by atoms with Gasteiger partial charge < -0.3 is 14.9 Å². The Labute approximate surface area is 129 Å². The Balaban J connectivity index is 2.25. The van der Waals surface area contributed by atoms with Crippen molar-refractivity contribution in [3.05, 3.63) is 58.7 Å². The van der Waals surface area contributed by atoms with E-state index in [0.717, 1.165) is 11.1 Å². The minimum absolute atomic E-state index is 0.00567. The molecule has 0 unspecified atom stereocenters. The van der Waals surface area contributed by atoms with Gasteiger partial charge in [0.2, 0.25) is 0 Å². The average molecular weight is 298 g/mol. The lowest BCUT2D eigenvalue weighted by Gasteiger charge is -2.06. The lowest BCUT2D eigenvalue weighted by molar-refractivity contribution is 0.104. The van der Waals surface area contributed by atoms with Crippen molar-refractivity contribution in [1.82, 2.24) is 0 Å². The smallest absolute Gasteiger partial charge is 0.189 e. The fraction of sp³-hybridized carbons (Fsp3) is 0.167. The molecule has 0 aliphatic rings. The molecule has 0 saturated carbocycles. The quantitative estimate of drug-likeness (QED) is 0.668. The van der Waals surface area contributed by atoms with Crippen LogP contribution in [0.1, 0.15) is 27.0 Å². The molecule has 22 heavy (non-hydrogen) atoms. The maximum atomic E-state index is 12.2. The number of hydrogen-bond acceptors (Lipinski definition) is 4. The van der Waals surface area contributed by atoms with Gasteiger partial charge in [-0.1, -0.05) is 12.1 Å². The van der Waals surface area contributed by atoms with Crippen LogP contribution in [0.4, 0.5) is 0 Å². The van der Waals surface area contributed by atoms with Crippen molar-refractivity contribution >= 4 is 11.9 Å². The molecule has 4 nitrogen and oxygen atoms in total. The van der Waals surface area contributed by atoms with Gasteiger partial charge in [-0.2, -0.15) is 0 Å². The van der Waals surface area contributed by atoms with E-state index in [1.165, 1.54) is 19.3 Å². The second-order valence-corrected chi connectivity index (χ2v) is 5.08. The number of aromatic hydroxyl groups is 2. The monoisotopic (exact) mass is 298 g/mol. The number of ether oxygens (including phenoxy) is 1. The highest BCUT2D eigenvalue weighted by Gasteiger charge is 2.10. The molecule has 0 radical (unpaired) electrons. The first-order chi connectivity index (χ1) is 10.4. The molecule has 4 heteroatoms. The Morgan fingerprint density at radius 2 is 1.73 bits per heavy atom. The Hall–Kier alpha value is -2.75. The van der Waals surface area contributed by atoms with Crippen LogP contribution in [-0.2, 0) is 0 Å². The number of phenolic OH excluding ortho intramolecular Hbond substituents is 2. The summed E-state index contributed by atoms with van der Waals surface area (Å²) in [5.41, 5.74) is 2.79. The first-order valence-electron chi connectivity index (χ1n) is 6.82. The molecule has 0 aliphatic heterocycles. The molecule has 0 atom stereocenters. The first kappa shape index (κ1) is 15.6. The highest BCUT2D eigenvalue weighted by molar-refractivity contribution is 6.08. The SMILES string of the molecule is COc1ccc(/C=C/C(=O)c2cc(C)c(C)cc2O)cc1O. The number of carbonyl (C=O) groups excluding carboxylic acids is 1. The number of phenols is 2. The van der Waals surface area contributed by atoms with E-state index in [-0.39, 0.29) is 22.8 Å².